The molecule has 0 radical (unpaired) electrons. The zero-order valence-corrected chi connectivity index (χ0v) is 22.5. The van der Waals surface area contributed by atoms with Crippen LogP contribution in [0.2, 0.25) is 0 Å². The van der Waals surface area contributed by atoms with Crippen molar-refractivity contribution in [3.8, 4) is 46.0 Å². The van der Waals surface area contributed by atoms with Gasteiger partial charge in [-0.3, -0.25) is 0 Å². The van der Waals surface area contributed by atoms with Crippen molar-refractivity contribution in [3.05, 3.63) is 93.0 Å². The van der Waals surface area contributed by atoms with Gasteiger partial charge in [0, 0.05) is 86.9 Å². The fraction of sp³-hybridized carbons (Fsp3) is 0.250. The van der Waals surface area contributed by atoms with Gasteiger partial charge in [-0.25, -0.2) is 0 Å². The first-order chi connectivity index (χ1) is 18.8. The highest BCUT2D eigenvalue weighted by Gasteiger charge is 2.30. The van der Waals surface area contributed by atoms with Gasteiger partial charge in [-0.2, -0.15) is 0 Å². The molecule has 5 rings (SSSR count). The van der Waals surface area contributed by atoms with E-state index in [-0.39, 0.29) is 46.0 Å². The van der Waals surface area contributed by atoms with Gasteiger partial charge in [0.05, 0.1) is 0 Å². The Morgan fingerprint density at radius 1 is 0.325 bits per heavy atom. The number of phenols is 8. The quantitative estimate of drug-likeness (QED) is 0.129. The van der Waals surface area contributed by atoms with Gasteiger partial charge in [-0.15, -0.1) is 0 Å². The Morgan fingerprint density at radius 2 is 0.625 bits per heavy atom. The predicted molar refractivity (Wildman–Crippen MR) is 149 cm³/mol. The normalized spacial score (nSPS) is 20.3. The summed E-state index contributed by atoms with van der Waals surface area (Å²) in [6.07, 6.45) is 0. The molecule has 8 nitrogen and oxygen atoms in total. The molecule has 0 spiro atoms. The molecular formula is C32H32O8. The van der Waals surface area contributed by atoms with Crippen molar-refractivity contribution in [1.82, 2.24) is 0 Å². The van der Waals surface area contributed by atoms with Gasteiger partial charge in [0.25, 0.3) is 0 Å². The van der Waals surface area contributed by atoms with Crippen LogP contribution in [-0.2, 0) is 0 Å². The number of rotatable bonds is 0. The summed E-state index contributed by atoms with van der Waals surface area (Å²) in [5, 5.41) is 86.6. The van der Waals surface area contributed by atoms with E-state index in [1.807, 2.05) is 0 Å². The molecule has 6 bridgehead atoms. The van der Waals surface area contributed by atoms with Crippen LogP contribution in [0.25, 0.3) is 0 Å². The SMILES string of the molecule is CC1c2cc(c(O)cc2O)C(C)c2cc(c(O)cc2O)C(C)c2c(O)cc(O)cc2C(C)c2cc1c(O)cc2O. The van der Waals surface area contributed by atoms with Crippen LogP contribution in [0.15, 0.2) is 48.5 Å². The maximum absolute atomic E-state index is 11.0. The van der Waals surface area contributed by atoms with Crippen molar-refractivity contribution in [2.45, 2.75) is 51.4 Å². The van der Waals surface area contributed by atoms with E-state index in [1.165, 1.54) is 30.3 Å². The Morgan fingerprint density at radius 3 is 0.975 bits per heavy atom. The molecule has 0 heterocycles. The second-order valence-corrected chi connectivity index (χ2v) is 10.8. The van der Waals surface area contributed by atoms with E-state index in [0.717, 1.165) is 0 Å². The third-order valence-electron chi connectivity index (χ3n) is 8.40. The minimum atomic E-state index is -0.642. The molecule has 40 heavy (non-hydrogen) atoms. The Bertz CT molecular complexity index is 1660. The summed E-state index contributed by atoms with van der Waals surface area (Å²) in [5.74, 6) is -4.07. The van der Waals surface area contributed by atoms with Crippen LogP contribution in [0.3, 0.4) is 0 Å². The van der Waals surface area contributed by atoms with Crippen molar-refractivity contribution in [3.63, 3.8) is 0 Å². The highest BCUT2D eigenvalue weighted by Crippen LogP contribution is 2.50. The molecule has 0 amide bonds. The van der Waals surface area contributed by atoms with Gasteiger partial charge in [-0.05, 0) is 29.8 Å². The molecule has 0 fully saturated rings. The summed E-state index contributed by atoms with van der Waals surface area (Å²) in [4.78, 5) is 0. The van der Waals surface area contributed by atoms with E-state index in [4.69, 9.17) is 0 Å². The minimum Gasteiger partial charge on any atom is -0.508 e. The fourth-order valence-corrected chi connectivity index (χ4v) is 6.05. The zero-order chi connectivity index (χ0) is 29.2. The minimum absolute atomic E-state index is 0.194. The molecule has 4 atom stereocenters. The Labute approximate surface area is 231 Å². The second kappa shape index (κ2) is 9.48. The Hall–Kier alpha value is -4.72. The maximum Gasteiger partial charge on any atom is 0.123 e. The topological polar surface area (TPSA) is 162 Å². The predicted octanol–water partition coefficient (Wildman–Crippen LogP) is 6.25. The molecule has 8 heteroatoms. The zero-order valence-electron chi connectivity index (χ0n) is 22.5. The summed E-state index contributed by atoms with van der Waals surface area (Å²) < 4.78 is 0. The summed E-state index contributed by atoms with van der Waals surface area (Å²) >= 11 is 0. The Balaban J connectivity index is 1.91. The molecule has 4 aromatic carbocycles. The average molecular weight is 545 g/mol. The smallest absolute Gasteiger partial charge is 0.123 e. The average Bonchev–Trinajstić information content (AvgIpc) is 2.86. The van der Waals surface area contributed by atoms with E-state index in [9.17, 15) is 40.9 Å². The largest absolute Gasteiger partial charge is 0.508 e. The molecule has 0 saturated heterocycles. The molecular weight excluding hydrogens is 512 g/mol. The van der Waals surface area contributed by atoms with E-state index in [2.05, 4.69) is 0 Å². The van der Waals surface area contributed by atoms with Crippen LogP contribution in [-0.4, -0.2) is 40.9 Å². The van der Waals surface area contributed by atoms with Crippen LogP contribution in [0.1, 0.15) is 95.9 Å². The van der Waals surface area contributed by atoms with Gasteiger partial charge in [0.1, 0.15) is 46.0 Å². The van der Waals surface area contributed by atoms with E-state index in [1.54, 1.807) is 45.9 Å². The first-order valence-corrected chi connectivity index (χ1v) is 13.0. The summed E-state index contributed by atoms with van der Waals surface area (Å²) in [6.45, 7) is 7.08. The van der Waals surface area contributed by atoms with Gasteiger partial charge in [0.15, 0.2) is 0 Å². The third-order valence-corrected chi connectivity index (χ3v) is 8.40. The number of hydrogen-bond acceptors (Lipinski definition) is 8. The molecule has 1 aliphatic rings. The van der Waals surface area contributed by atoms with E-state index >= 15 is 0 Å². The summed E-state index contributed by atoms with van der Waals surface area (Å²) in [6, 6.07) is 11.2. The number of aromatic hydroxyl groups is 8. The van der Waals surface area contributed by atoms with E-state index in [0.29, 0.717) is 44.5 Å². The lowest BCUT2D eigenvalue weighted by Gasteiger charge is -2.25. The van der Waals surface area contributed by atoms with Gasteiger partial charge in [-0.1, -0.05) is 27.7 Å². The monoisotopic (exact) mass is 544 g/mol. The molecule has 0 aliphatic heterocycles. The van der Waals surface area contributed by atoms with Crippen molar-refractivity contribution in [2.75, 3.05) is 0 Å². The highest BCUT2D eigenvalue weighted by atomic mass is 16.3. The van der Waals surface area contributed by atoms with Crippen LogP contribution < -0.4 is 0 Å². The lowest BCUT2D eigenvalue weighted by atomic mass is 9.80. The summed E-state index contributed by atoms with van der Waals surface area (Å²) in [7, 11) is 0. The van der Waals surface area contributed by atoms with Crippen molar-refractivity contribution in [1.29, 1.82) is 0 Å². The number of benzene rings is 4. The highest BCUT2D eigenvalue weighted by molar-refractivity contribution is 5.62. The Kier molecular flexibility index (Phi) is 6.37. The molecule has 0 aromatic heterocycles. The summed E-state index contributed by atoms with van der Waals surface area (Å²) in [5.41, 5.74) is 3.23. The first kappa shape index (κ1) is 26.9. The van der Waals surface area contributed by atoms with Gasteiger partial charge < -0.3 is 40.9 Å². The molecule has 4 unspecified atom stereocenters. The molecule has 8 N–H and O–H groups in total. The number of phenolic OH excluding ortho intramolecular Hbond substituents is 8. The maximum atomic E-state index is 11.0. The third kappa shape index (κ3) is 4.16. The van der Waals surface area contributed by atoms with E-state index < -0.39 is 23.7 Å². The van der Waals surface area contributed by atoms with Crippen LogP contribution in [0, 0.1) is 0 Å². The van der Waals surface area contributed by atoms with Gasteiger partial charge in [0.2, 0.25) is 0 Å². The van der Waals surface area contributed by atoms with Crippen LogP contribution in [0.4, 0.5) is 0 Å². The van der Waals surface area contributed by atoms with Crippen molar-refractivity contribution >= 4 is 0 Å². The second-order valence-electron chi connectivity index (χ2n) is 10.8. The lowest BCUT2D eigenvalue weighted by molar-refractivity contribution is 0.431. The fourth-order valence-electron chi connectivity index (χ4n) is 6.05. The first-order valence-electron chi connectivity index (χ1n) is 13.0. The van der Waals surface area contributed by atoms with Gasteiger partial charge >= 0.3 is 0 Å². The van der Waals surface area contributed by atoms with Crippen LogP contribution in [0.5, 0.6) is 46.0 Å². The molecule has 1 aliphatic carbocycles. The number of hydrogen-bond donors (Lipinski definition) is 8. The number of fused-ring (bicyclic) bond motifs is 7. The molecule has 4 aromatic rings. The van der Waals surface area contributed by atoms with Crippen molar-refractivity contribution in [2.24, 2.45) is 0 Å². The van der Waals surface area contributed by atoms with Crippen molar-refractivity contribution < 1.29 is 40.9 Å². The standard InChI is InChI=1S/C32H32O8/c1-13-18-7-19(26(35)10-25(18)34)14(2)21-9-23(30(39)12-28(21)37)16(4)32-24(5-17(33)6-31(32)40)15(3)22-8-20(13)27(36)11-29(22)38/h5-16,33-40H,1-4H3. The van der Waals surface area contributed by atoms with Crippen LogP contribution >= 0.6 is 0 Å². The molecule has 0 saturated carbocycles. The molecule has 208 valence electrons. The lowest BCUT2D eigenvalue weighted by Crippen LogP contribution is -2.08.